The van der Waals surface area contributed by atoms with Gasteiger partial charge in [-0.3, -0.25) is 59.8 Å². The van der Waals surface area contributed by atoms with Gasteiger partial charge in [-0.15, -0.1) is 0 Å². The Balaban J connectivity index is 0.000000157. The molecule has 30 nitrogen and oxygen atoms in total. The molecule has 0 aliphatic heterocycles. The second kappa shape index (κ2) is 45.0. The molecule has 7 aromatic heterocycles. The summed E-state index contributed by atoms with van der Waals surface area (Å²) in [6.07, 6.45) is 19.0. The zero-order valence-corrected chi connectivity index (χ0v) is 67.3. The summed E-state index contributed by atoms with van der Waals surface area (Å²) < 4.78 is 58.3. The van der Waals surface area contributed by atoms with Crippen molar-refractivity contribution in [2.24, 2.45) is 11.8 Å². The van der Waals surface area contributed by atoms with Crippen molar-refractivity contribution in [1.82, 2.24) is 45.4 Å². The Bertz CT molecular complexity index is 5530. The van der Waals surface area contributed by atoms with E-state index in [-0.39, 0.29) is 52.7 Å². The second-order valence-corrected chi connectivity index (χ2v) is 28.9. The highest BCUT2D eigenvalue weighted by Gasteiger charge is 2.26. The molecule has 7 heterocycles. The van der Waals surface area contributed by atoms with Crippen LogP contribution in [0.2, 0.25) is 0 Å². The predicted molar refractivity (Wildman–Crippen MR) is 450 cm³/mol. The number of rotatable bonds is 23. The van der Waals surface area contributed by atoms with E-state index in [1.54, 1.807) is 86.1 Å². The van der Waals surface area contributed by atoms with Gasteiger partial charge in [0.15, 0.2) is 0 Å². The molecular formula is C87H93N15O15S. The number of hydrogen-bond donors (Lipinski definition) is 6. The molecule has 6 N–H and O–H groups in total. The average molecular weight is 1620 g/mol. The first-order valence-corrected chi connectivity index (χ1v) is 39.5. The van der Waals surface area contributed by atoms with E-state index >= 15 is 0 Å². The van der Waals surface area contributed by atoms with E-state index in [1.807, 2.05) is 210 Å². The SMILES string of the molecule is CC(C)CS(=O)(=O)Nc1cncn1-c1ccccc1.CCC(=O)Nc1oncc1-c1ccccc1.CCCC(=O)Nc1oncc1-c1ccccc1.CN(C)CCC(=O)Nc1oncc1-c1ccccc1.Cc1oncc1-c1ccccc1O.Cc1oncc1-c1ccccc1[N+](=O)[O-].O=C(Nc1oncc1-c1ccccc1)C1CCCC1. The third kappa shape index (κ3) is 26.7. The number of nitrogens with one attached hydrogen (secondary N) is 5. The van der Waals surface area contributed by atoms with Gasteiger partial charge >= 0.3 is 0 Å². The van der Waals surface area contributed by atoms with Crippen molar-refractivity contribution in [3.63, 3.8) is 0 Å². The highest BCUT2D eigenvalue weighted by Crippen LogP contribution is 2.36. The van der Waals surface area contributed by atoms with E-state index in [0.29, 0.717) is 77.8 Å². The number of phenols is 1. The standard InChI is InChI=1S/C15H16N2O2.C14H17N3O2.C13H17N3O2S.C13H14N2O2.C12H12N2O2.C10H8N2O3.C10H9NO2/c18-14(12-8-4-5-9-12)17-15-13(10-16-19-15)11-6-2-1-3-7-11;1-17(2)9-8-13(18)16-14-12(10-15-19-14)11-6-4-3-5-7-11;1-11(2)9-19(17,18)15-13-8-14-10-16(13)12-6-4-3-5-7-12;1-2-6-12(16)15-13-11(9-14-17-13)10-7-4-3-5-8-10;1-2-11(15)14-12-10(8-13-16-12)9-6-4-3-5-7-9;1-7-9(6-11-15-7)8-4-2-3-5-10(8)12(13)14;1-7-9(6-11-13-7)8-4-2-3-5-10(8)12/h1-3,6-7,10,12H,4-5,8-9H2,(H,17,18);3-7,10H,8-9H2,1-2H3,(H,16,18);3-8,10-11,15H,9H2,1-2H3;3-5,7-9H,2,6H2,1H3,(H,15,16);3-8H,2H2,1H3,(H,14,15);2-6H,1H3;2-6,12H,1H3. The highest BCUT2D eigenvalue weighted by atomic mass is 32.2. The van der Waals surface area contributed by atoms with Gasteiger partial charge in [-0.05, 0) is 99.6 Å². The number of aryl methyl sites for hydroxylation is 2. The van der Waals surface area contributed by atoms with Crippen LogP contribution >= 0.6 is 0 Å². The molecule has 1 aliphatic rings. The lowest BCUT2D eigenvalue weighted by Crippen LogP contribution is -2.21. The van der Waals surface area contributed by atoms with Crippen LogP contribution in [0.15, 0.2) is 277 Å². The molecule has 31 heteroatoms. The summed E-state index contributed by atoms with van der Waals surface area (Å²) in [7, 11) is 0.510. The Hall–Kier alpha value is -14.2. The summed E-state index contributed by atoms with van der Waals surface area (Å²) >= 11 is 0. The van der Waals surface area contributed by atoms with Gasteiger partial charge < -0.3 is 37.1 Å². The number of carbonyl (C=O) groups excluding carboxylic acids is 4. The minimum atomic E-state index is -3.35. The van der Waals surface area contributed by atoms with Crippen LogP contribution in [0.1, 0.15) is 90.6 Å². The molecule has 4 amide bonds. The van der Waals surface area contributed by atoms with Crippen molar-refractivity contribution >= 4 is 68.7 Å². The molecule has 0 atom stereocenters. The highest BCUT2D eigenvalue weighted by molar-refractivity contribution is 7.92. The molecule has 0 unspecified atom stereocenters. The average Bonchev–Trinajstić information content (AvgIpc) is 1.64. The normalized spacial score (nSPS) is 11.4. The third-order valence-corrected chi connectivity index (χ3v) is 19.1. The number of aromatic nitrogens is 8. The van der Waals surface area contributed by atoms with Crippen molar-refractivity contribution in [1.29, 1.82) is 0 Å². The van der Waals surface area contributed by atoms with E-state index in [2.05, 4.69) is 61.9 Å². The summed E-state index contributed by atoms with van der Waals surface area (Å²) in [5.41, 5.74) is 10.8. The summed E-state index contributed by atoms with van der Waals surface area (Å²) in [5, 5.41) is 53.5. The maximum atomic E-state index is 12.1. The molecular weight excluding hydrogens is 1530 g/mol. The molecule has 15 rings (SSSR count). The Morgan fingerprint density at radius 2 is 0.881 bits per heavy atom. The van der Waals surface area contributed by atoms with Gasteiger partial charge in [0.2, 0.25) is 57.2 Å². The van der Waals surface area contributed by atoms with Gasteiger partial charge in [-0.25, -0.2) is 13.4 Å². The van der Waals surface area contributed by atoms with Crippen molar-refractivity contribution in [2.75, 3.05) is 52.4 Å². The third-order valence-electron chi connectivity index (χ3n) is 17.5. The summed E-state index contributed by atoms with van der Waals surface area (Å²) in [4.78, 5) is 63.0. The first-order chi connectivity index (χ1) is 57.1. The fraction of sp³-hybridized carbons (Fsp3) is 0.230. The summed E-state index contributed by atoms with van der Waals surface area (Å²) in [5.74, 6) is 3.74. The van der Waals surface area contributed by atoms with Crippen LogP contribution in [0.25, 0.3) is 72.4 Å². The van der Waals surface area contributed by atoms with Crippen LogP contribution < -0.4 is 26.0 Å². The number of aromatic hydroxyl groups is 1. The van der Waals surface area contributed by atoms with Crippen molar-refractivity contribution < 1.29 is 64.8 Å². The molecule has 0 spiro atoms. The number of sulfonamides is 1. The van der Waals surface area contributed by atoms with Gasteiger partial charge in [0, 0.05) is 54.6 Å². The molecule has 1 aliphatic carbocycles. The summed E-state index contributed by atoms with van der Waals surface area (Å²) in [6, 6.07) is 61.9. The fourth-order valence-corrected chi connectivity index (χ4v) is 13.1. The van der Waals surface area contributed by atoms with Crippen molar-refractivity contribution in [3.8, 4) is 78.2 Å². The topological polar surface area (TPSA) is 403 Å². The zero-order chi connectivity index (χ0) is 84.2. The van der Waals surface area contributed by atoms with Crippen LogP contribution in [0.3, 0.4) is 0 Å². The van der Waals surface area contributed by atoms with Crippen molar-refractivity contribution in [3.05, 3.63) is 272 Å². The van der Waals surface area contributed by atoms with Crippen LogP contribution in [0.4, 0.5) is 35.0 Å². The van der Waals surface area contributed by atoms with Crippen LogP contribution in [0, 0.1) is 35.8 Å². The van der Waals surface area contributed by atoms with Crippen molar-refractivity contribution in [2.45, 2.75) is 92.9 Å². The monoisotopic (exact) mass is 1620 g/mol. The van der Waals surface area contributed by atoms with Crippen LogP contribution in [-0.2, 0) is 29.2 Å². The number of phenolic OH excluding ortho intramolecular Hbond substituents is 1. The van der Waals surface area contributed by atoms with E-state index in [4.69, 9.17) is 27.1 Å². The maximum absolute atomic E-state index is 12.1. The van der Waals surface area contributed by atoms with Gasteiger partial charge in [0.25, 0.3) is 5.69 Å². The van der Waals surface area contributed by atoms with E-state index < -0.39 is 14.9 Å². The quantitative estimate of drug-likeness (QED) is 0.0256. The smallest absolute Gasteiger partial charge is 0.277 e. The lowest BCUT2D eigenvalue weighted by molar-refractivity contribution is -0.384. The Labute approximate surface area is 682 Å². The van der Waals surface area contributed by atoms with E-state index in [9.17, 15) is 42.8 Å². The molecule has 7 aromatic carbocycles. The number of imidazole rings is 1. The molecule has 14 aromatic rings. The van der Waals surface area contributed by atoms with Gasteiger partial charge in [0.05, 0.1) is 87.4 Å². The fourth-order valence-electron chi connectivity index (χ4n) is 11.6. The number of anilines is 5. The van der Waals surface area contributed by atoms with E-state index in [0.717, 1.165) is 93.4 Å². The summed E-state index contributed by atoms with van der Waals surface area (Å²) in [6.45, 7) is 11.7. The molecule has 0 radical (unpaired) electrons. The number of hydrogen-bond acceptors (Lipinski definition) is 23. The first kappa shape index (κ1) is 87.8. The predicted octanol–water partition coefficient (Wildman–Crippen LogP) is 18.7. The molecule has 1 fully saturated rings. The van der Waals surface area contributed by atoms with Gasteiger partial charge in [-0.1, -0.05) is 241 Å². The molecule has 1 saturated carbocycles. The zero-order valence-electron chi connectivity index (χ0n) is 66.4. The lowest BCUT2D eigenvalue weighted by atomic mass is 10.1. The minimum absolute atomic E-state index is 0.0476. The van der Waals surface area contributed by atoms with E-state index in [1.165, 1.54) is 18.5 Å². The second-order valence-electron chi connectivity index (χ2n) is 27.2. The molecule has 118 heavy (non-hydrogen) atoms. The lowest BCUT2D eigenvalue weighted by Gasteiger charge is -2.12. The van der Waals surface area contributed by atoms with Crippen LogP contribution in [-0.4, -0.2) is 114 Å². The molecule has 0 bridgehead atoms. The number of para-hydroxylation sites is 3. The Morgan fingerprint density at radius 3 is 1.29 bits per heavy atom. The number of nitro benzene ring substituents is 1. The number of amides is 4. The van der Waals surface area contributed by atoms with Gasteiger partial charge in [-0.2, -0.15) is 0 Å². The van der Waals surface area contributed by atoms with Crippen LogP contribution in [0.5, 0.6) is 5.75 Å². The van der Waals surface area contributed by atoms with Gasteiger partial charge in [0.1, 0.15) is 29.4 Å². The number of nitro groups is 1. The first-order valence-electron chi connectivity index (χ1n) is 37.9. The molecule has 0 saturated heterocycles. The molecule has 612 valence electrons. The number of carbonyl (C=O) groups is 4. The Kier molecular flexibility index (Phi) is 33.5. The maximum Gasteiger partial charge on any atom is 0.277 e. The minimum Gasteiger partial charge on any atom is -0.507 e. The number of nitrogens with zero attached hydrogens (tertiary/aromatic N) is 10. The Morgan fingerprint density at radius 1 is 0.500 bits per heavy atom. The number of benzene rings is 7. The largest absolute Gasteiger partial charge is 0.507 e.